The van der Waals surface area contributed by atoms with Crippen LogP contribution in [-0.4, -0.2) is 69.2 Å². The standard InChI is InChI=1S/C33H34FN3O5/c1-21-26(25-11-10-23(34)19-28(25)27(21)20-31(38)35-24-8-6-5-7-9-24)16-22-17-29(40-3)32(30(18-22)41-4)42-33(39)37-14-12-36(2)13-15-37/h5-11,16-19H,12-15,20H2,1-4H3,(H,35,38)/b26-16-. The van der Waals surface area contributed by atoms with Crippen LogP contribution in [0.3, 0.4) is 0 Å². The molecule has 1 aliphatic carbocycles. The van der Waals surface area contributed by atoms with Gasteiger partial charge in [-0.25, -0.2) is 9.18 Å². The molecule has 8 nitrogen and oxygen atoms in total. The SMILES string of the molecule is COc1cc(/C=C2/C(C)=C(CC(=O)Nc3ccccc3)c3cc(F)ccc32)cc(OC)c1OC(=O)N1CCN(C)CC1. The summed E-state index contributed by atoms with van der Waals surface area (Å²) in [6.45, 7) is 4.60. The first-order valence-electron chi connectivity index (χ1n) is 13.8. The number of allylic oxidation sites excluding steroid dienone is 2. The first-order valence-corrected chi connectivity index (χ1v) is 13.8. The van der Waals surface area contributed by atoms with Gasteiger partial charge in [0.1, 0.15) is 5.82 Å². The van der Waals surface area contributed by atoms with Crippen molar-refractivity contribution in [3.05, 3.63) is 88.7 Å². The highest BCUT2D eigenvalue weighted by Gasteiger charge is 2.27. The summed E-state index contributed by atoms with van der Waals surface area (Å²) >= 11 is 0. The van der Waals surface area contributed by atoms with Gasteiger partial charge in [-0.3, -0.25) is 4.79 Å². The smallest absolute Gasteiger partial charge is 0.415 e. The number of amides is 2. The van der Waals surface area contributed by atoms with E-state index in [9.17, 15) is 14.0 Å². The fraction of sp³-hybridized carbons (Fsp3) is 0.273. The van der Waals surface area contributed by atoms with Crippen LogP contribution < -0.4 is 19.5 Å². The van der Waals surface area contributed by atoms with Crippen LogP contribution in [0.25, 0.3) is 17.2 Å². The van der Waals surface area contributed by atoms with Crippen LogP contribution in [0.2, 0.25) is 0 Å². The van der Waals surface area contributed by atoms with Gasteiger partial charge in [0, 0.05) is 31.9 Å². The Morgan fingerprint density at radius 1 is 0.929 bits per heavy atom. The molecule has 9 heteroatoms. The van der Waals surface area contributed by atoms with E-state index in [-0.39, 0.29) is 23.9 Å². The van der Waals surface area contributed by atoms with Gasteiger partial charge in [-0.2, -0.15) is 0 Å². The molecule has 1 fully saturated rings. The van der Waals surface area contributed by atoms with Crippen LogP contribution in [-0.2, 0) is 4.79 Å². The van der Waals surface area contributed by atoms with Gasteiger partial charge in [-0.05, 0) is 89.9 Å². The van der Waals surface area contributed by atoms with Gasteiger partial charge in [0.2, 0.25) is 11.7 Å². The molecule has 2 aliphatic rings. The molecule has 1 aliphatic heterocycles. The van der Waals surface area contributed by atoms with E-state index in [0.717, 1.165) is 40.9 Å². The third kappa shape index (κ3) is 6.16. The quantitative estimate of drug-likeness (QED) is 0.378. The molecule has 3 aromatic carbocycles. The number of fused-ring (bicyclic) bond motifs is 1. The number of hydrogen-bond acceptors (Lipinski definition) is 6. The van der Waals surface area contributed by atoms with Crippen LogP contribution >= 0.6 is 0 Å². The summed E-state index contributed by atoms with van der Waals surface area (Å²) in [6.07, 6.45) is 1.56. The summed E-state index contributed by atoms with van der Waals surface area (Å²) in [4.78, 5) is 29.7. The maximum absolute atomic E-state index is 14.4. The van der Waals surface area contributed by atoms with Crippen LogP contribution in [0.4, 0.5) is 14.9 Å². The molecule has 0 bridgehead atoms. The lowest BCUT2D eigenvalue weighted by atomic mass is 10.00. The van der Waals surface area contributed by atoms with Crippen molar-refractivity contribution >= 4 is 34.9 Å². The maximum atomic E-state index is 14.4. The summed E-state index contributed by atoms with van der Waals surface area (Å²) in [6, 6.07) is 17.3. The van der Waals surface area contributed by atoms with Gasteiger partial charge in [-0.1, -0.05) is 24.3 Å². The molecule has 1 saturated heterocycles. The van der Waals surface area contributed by atoms with E-state index in [0.29, 0.717) is 35.8 Å². The number of para-hydroxylation sites is 1. The number of anilines is 1. The number of carbonyl (C=O) groups excluding carboxylic acids is 2. The Hall–Kier alpha value is -4.63. The number of nitrogens with one attached hydrogen (secondary N) is 1. The second-order valence-electron chi connectivity index (χ2n) is 10.4. The van der Waals surface area contributed by atoms with Crippen molar-refractivity contribution in [3.63, 3.8) is 0 Å². The van der Waals surface area contributed by atoms with Gasteiger partial charge in [0.15, 0.2) is 11.5 Å². The number of methoxy groups -OCH3 is 2. The van der Waals surface area contributed by atoms with E-state index < -0.39 is 6.09 Å². The maximum Gasteiger partial charge on any atom is 0.415 e. The summed E-state index contributed by atoms with van der Waals surface area (Å²) in [5, 5.41) is 2.91. The molecule has 0 saturated carbocycles. The van der Waals surface area contributed by atoms with E-state index in [4.69, 9.17) is 14.2 Å². The predicted molar refractivity (Wildman–Crippen MR) is 161 cm³/mol. The Balaban J connectivity index is 1.46. The highest BCUT2D eigenvalue weighted by molar-refractivity contribution is 6.10. The Morgan fingerprint density at radius 3 is 2.24 bits per heavy atom. The van der Waals surface area contributed by atoms with Gasteiger partial charge >= 0.3 is 6.09 Å². The second-order valence-corrected chi connectivity index (χ2v) is 10.4. The Kier molecular flexibility index (Phi) is 8.59. The van der Waals surface area contributed by atoms with Gasteiger partial charge in [0.25, 0.3) is 0 Å². The summed E-state index contributed by atoms with van der Waals surface area (Å²) in [5.74, 6) is 0.307. The third-order valence-corrected chi connectivity index (χ3v) is 7.59. The average Bonchev–Trinajstić information content (AvgIpc) is 3.23. The van der Waals surface area contributed by atoms with Crippen molar-refractivity contribution in [2.24, 2.45) is 0 Å². The highest BCUT2D eigenvalue weighted by Crippen LogP contribution is 2.45. The molecular weight excluding hydrogens is 537 g/mol. The molecule has 2 amide bonds. The van der Waals surface area contributed by atoms with Crippen LogP contribution in [0, 0.1) is 5.82 Å². The molecule has 3 aromatic rings. The zero-order valence-corrected chi connectivity index (χ0v) is 24.2. The van der Waals surface area contributed by atoms with Gasteiger partial charge in [0.05, 0.1) is 20.6 Å². The lowest BCUT2D eigenvalue weighted by Gasteiger charge is -2.31. The number of carbonyl (C=O) groups is 2. The number of halogens is 1. The molecule has 1 N–H and O–H groups in total. The molecule has 0 atom stereocenters. The molecule has 0 radical (unpaired) electrons. The largest absolute Gasteiger partial charge is 0.493 e. The molecular formula is C33H34FN3O5. The van der Waals surface area contributed by atoms with Crippen molar-refractivity contribution in [3.8, 4) is 17.2 Å². The van der Waals surface area contributed by atoms with E-state index in [1.54, 1.807) is 23.1 Å². The number of benzene rings is 3. The topological polar surface area (TPSA) is 80.3 Å². The second kappa shape index (κ2) is 12.5. The van der Waals surface area contributed by atoms with E-state index >= 15 is 0 Å². The molecule has 0 spiro atoms. The zero-order chi connectivity index (χ0) is 29.8. The van der Waals surface area contributed by atoms with Crippen molar-refractivity contribution in [1.29, 1.82) is 0 Å². The summed E-state index contributed by atoms with van der Waals surface area (Å²) in [5.41, 5.74) is 5.38. The predicted octanol–water partition coefficient (Wildman–Crippen LogP) is 5.95. The fourth-order valence-corrected chi connectivity index (χ4v) is 5.26. The van der Waals surface area contributed by atoms with Crippen molar-refractivity contribution in [2.45, 2.75) is 13.3 Å². The number of hydrogen-bond donors (Lipinski definition) is 1. The molecule has 1 heterocycles. The minimum Gasteiger partial charge on any atom is -0.493 e. The zero-order valence-electron chi connectivity index (χ0n) is 24.2. The van der Waals surface area contributed by atoms with E-state index in [1.807, 2.05) is 50.4 Å². The van der Waals surface area contributed by atoms with E-state index in [1.165, 1.54) is 26.4 Å². The lowest BCUT2D eigenvalue weighted by molar-refractivity contribution is -0.115. The van der Waals surface area contributed by atoms with Crippen molar-refractivity contribution in [1.82, 2.24) is 9.80 Å². The Bertz CT molecular complexity index is 1530. The molecule has 218 valence electrons. The molecule has 0 unspecified atom stereocenters. The van der Waals surface area contributed by atoms with Crippen LogP contribution in [0.1, 0.15) is 30.0 Å². The van der Waals surface area contributed by atoms with Gasteiger partial charge in [-0.15, -0.1) is 0 Å². The number of likely N-dealkylation sites (N-methyl/N-ethyl adjacent to an activating group) is 1. The molecule has 42 heavy (non-hydrogen) atoms. The number of nitrogens with zero attached hydrogens (tertiary/aromatic N) is 2. The number of ether oxygens (including phenoxy) is 3. The van der Waals surface area contributed by atoms with E-state index in [2.05, 4.69) is 10.2 Å². The lowest BCUT2D eigenvalue weighted by Crippen LogP contribution is -2.48. The summed E-state index contributed by atoms with van der Waals surface area (Å²) in [7, 11) is 5.02. The molecule has 0 aromatic heterocycles. The Labute approximate surface area is 245 Å². The van der Waals surface area contributed by atoms with Crippen LogP contribution in [0.15, 0.2) is 66.2 Å². The number of rotatable bonds is 7. The average molecular weight is 572 g/mol. The fourth-order valence-electron chi connectivity index (χ4n) is 5.26. The molecule has 5 rings (SSSR count). The van der Waals surface area contributed by atoms with Gasteiger partial charge < -0.3 is 29.3 Å². The van der Waals surface area contributed by atoms with Crippen molar-refractivity contribution in [2.75, 3.05) is 52.8 Å². The third-order valence-electron chi connectivity index (χ3n) is 7.59. The first-order chi connectivity index (χ1) is 20.3. The summed E-state index contributed by atoms with van der Waals surface area (Å²) < 4.78 is 31.4. The number of piperazine rings is 1. The van der Waals surface area contributed by atoms with Crippen molar-refractivity contribution < 1.29 is 28.2 Å². The minimum absolute atomic E-state index is 0.0857. The highest BCUT2D eigenvalue weighted by atomic mass is 19.1. The monoisotopic (exact) mass is 571 g/mol. The minimum atomic E-state index is -0.463. The normalized spacial score (nSPS) is 15.9. The Morgan fingerprint density at radius 2 is 1.60 bits per heavy atom. The first kappa shape index (κ1) is 28.9. The van der Waals surface area contributed by atoms with Crippen LogP contribution in [0.5, 0.6) is 17.2 Å².